The zero-order valence-corrected chi connectivity index (χ0v) is 11.0. The molecule has 0 radical (unpaired) electrons. The molecule has 0 spiro atoms. The van der Waals surface area contributed by atoms with Gasteiger partial charge in [0.25, 0.3) is 0 Å². The molecular weight excluding hydrogens is 216 g/mol. The Morgan fingerprint density at radius 2 is 1.73 bits per heavy atom. The minimum Gasteiger partial charge on any atom is -0.444 e. The lowest BCUT2D eigenvalue weighted by atomic mass is 10.0. The Bertz CT molecular complexity index is 200. The highest BCUT2D eigenvalue weighted by Gasteiger charge is 2.23. The largest absolute Gasteiger partial charge is 0.444 e. The van der Waals surface area contributed by atoms with Crippen molar-refractivity contribution in [3.8, 4) is 0 Å². The molecule has 0 aliphatic rings. The molecule has 0 fully saturated rings. The highest BCUT2D eigenvalue weighted by Crippen LogP contribution is 2.11. The third-order valence-electron chi connectivity index (χ3n) is 1.61. The van der Waals surface area contributed by atoms with Gasteiger partial charge in [0.1, 0.15) is 5.60 Å². The van der Waals surface area contributed by atoms with Crippen LogP contribution in [0.5, 0.6) is 0 Å². The molecule has 0 saturated carbocycles. The Balaban J connectivity index is 0. The van der Waals surface area contributed by atoms with Crippen molar-refractivity contribution >= 4 is 18.5 Å². The van der Waals surface area contributed by atoms with Gasteiger partial charge in [0, 0.05) is 5.54 Å². The molecule has 0 heterocycles. The number of nitrogens with one attached hydrogen (secondary N) is 1. The Labute approximate surface area is 98.3 Å². The number of nitrogens with two attached hydrogens (primary N) is 1. The van der Waals surface area contributed by atoms with Gasteiger partial charge < -0.3 is 15.8 Å². The monoisotopic (exact) mass is 238 g/mol. The van der Waals surface area contributed by atoms with E-state index in [9.17, 15) is 4.79 Å². The van der Waals surface area contributed by atoms with Gasteiger partial charge in [-0.1, -0.05) is 0 Å². The van der Waals surface area contributed by atoms with Gasteiger partial charge in [0.2, 0.25) is 0 Å². The van der Waals surface area contributed by atoms with Crippen LogP contribution < -0.4 is 11.1 Å². The van der Waals surface area contributed by atoms with E-state index in [1.807, 2.05) is 34.6 Å². The standard InChI is InChI=1S/C10H22N2O2.ClH/c1-9(2,3)14-8(13)12-10(4,5)6-7-11;/h6-7,11H2,1-5H3,(H,12,13);1H. The van der Waals surface area contributed by atoms with Crippen LogP contribution in [0.4, 0.5) is 4.79 Å². The van der Waals surface area contributed by atoms with E-state index < -0.39 is 11.7 Å². The van der Waals surface area contributed by atoms with Crippen LogP contribution in [0.1, 0.15) is 41.0 Å². The molecule has 0 aromatic carbocycles. The Kier molecular flexibility index (Phi) is 6.97. The summed E-state index contributed by atoms with van der Waals surface area (Å²) in [5, 5.41) is 2.77. The average Bonchev–Trinajstić information content (AvgIpc) is 1.78. The van der Waals surface area contributed by atoms with Gasteiger partial charge in [-0.15, -0.1) is 12.4 Å². The summed E-state index contributed by atoms with van der Waals surface area (Å²) in [6.07, 6.45) is 0.336. The van der Waals surface area contributed by atoms with Crippen molar-refractivity contribution in [1.29, 1.82) is 0 Å². The molecule has 0 aromatic rings. The fourth-order valence-corrected chi connectivity index (χ4v) is 1.00. The molecule has 0 aliphatic carbocycles. The minimum absolute atomic E-state index is 0. The van der Waals surface area contributed by atoms with Gasteiger partial charge in [-0.3, -0.25) is 0 Å². The average molecular weight is 239 g/mol. The zero-order valence-electron chi connectivity index (χ0n) is 10.2. The second-order valence-corrected chi connectivity index (χ2v) is 5.05. The minimum atomic E-state index is -0.455. The highest BCUT2D eigenvalue weighted by molar-refractivity contribution is 5.85. The number of amides is 1. The van der Waals surface area contributed by atoms with Crippen molar-refractivity contribution in [3.63, 3.8) is 0 Å². The number of carbonyl (C=O) groups excluding carboxylic acids is 1. The quantitative estimate of drug-likeness (QED) is 0.791. The molecular formula is C10H23ClN2O2. The Morgan fingerprint density at radius 3 is 2.07 bits per heavy atom. The lowest BCUT2D eigenvalue weighted by Gasteiger charge is -2.28. The third kappa shape index (κ3) is 9.82. The second kappa shape index (κ2) is 6.18. The SMILES string of the molecule is CC(C)(CCN)NC(=O)OC(C)(C)C.Cl. The molecule has 0 saturated heterocycles. The Morgan fingerprint density at radius 1 is 1.27 bits per heavy atom. The Hall–Kier alpha value is -0.480. The van der Waals surface area contributed by atoms with E-state index in [4.69, 9.17) is 10.5 Å². The van der Waals surface area contributed by atoms with Crippen molar-refractivity contribution in [2.24, 2.45) is 5.73 Å². The van der Waals surface area contributed by atoms with Crippen LogP contribution >= 0.6 is 12.4 Å². The number of halogens is 1. The molecule has 0 unspecified atom stereocenters. The van der Waals surface area contributed by atoms with Gasteiger partial charge in [0.05, 0.1) is 0 Å². The molecule has 0 atom stereocenters. The van der Waals surface area contributed by atoms with Gasteiger partial charge in [0.15, 0.2) is 0 Å². The fraction of sp³-hybridized carbons (Fsp3) is 0.900. The van der Waals surface area contributed by atoms with Crippen molar-refractivity contribution in [2.75, 3.05) is 6.54 Å². The van der Waals surface area contributed by atoms with Crippen molar-refractivity contribution in [3.05, 3.63) is 0 Å². The van der Waals surface area contributed by atoms with Crippen LogP contribution in [0, 0.1) is 0 Å². The van der Waals surface area contributed by atoms with Crippen molar-refractivity contribution < 1.29 is 9.53 Å². The van der Waals surface area contributed by atoms with E-state index in [0.717, 1.165) is 6.42 Å². The topological polar surface area (TPSA) is 64.3 Å². The number of hydrogen-bond acceptors (Lipinski definition) is 3. The lowest BCUT2D eigenvalue weighted by molar-refractivity contribution is 0.0469. The predicted molar refractivity (Wildman–Crippen MR) is 64.4 cm³/mol. The molecule has 0 aromatic heterocycles. The number of ether oxygens (including phenoxy) is 1. The molecule has 0 rings (SSSR count). The van der Waals surface area contributed by atoms with Crippen LogP contribution in [0.15, 0.2) is 0 Å². The zero-order chi connectivity index (χ0) is 11.4. The summed E-state index contributed by atoms with van der Waals surface area (Å²) in [6, 6.07) is 0. The molecule has 4 nitrogen and oxygen atoms in total. The van der Waals surface area contributed by atoms with E-state index in [2.05, 4.69) is 5.32 Å². The lowest BCUT2D eigenvalue weighted by Crippen LogP contribution is -2.46. The van der Waals surface area contributed by atoms with Crippen LogP contribution in [0.25, 0.3) is 0 Å². The normalized spacial score (nSPS) is 11.6. The second-order valence-electron chi connectivity index (χ2n) is 5.05. The predicted octanol–water partition coefficient (Wildman–Crippen LogP) is 2.06. The van der Waals surface area contributed by atoms with E-state index >= 15 is 0 Å². The number of carbonyl (C=O) groups is 1. The van der Waals surface area contributed by atoms with Crippen LogP contribution in [-0.2, 0) is 4.74 Å². The van der Waals surface area contributed by atoms with Crippen molar-refractivity contribution in [1.82, 2.24) is 5.32 Å². The van der Waals surface area contributed by atoms with Gasteiger partial charge in [-0.25, -0.2) is 4.79 Å². The van der Waals surface area contributed by atoms with E-state index in [-0.39, 0.29) is 17.9 Å². The first-order valence-electron chi connectivity index (χ1n) is 4.87. The molecule has 15 heavy (non-hydrogen) atoms. The summed E-state index contributed by atoms with van der Waals surface area (Å²) < 4.78 is 5.13. The van der Waals surface area contributed by atoms with E-state index in [1.54, 1.807) is 0 Å². The number of alkyl carbamates (subject to hydrolysis) is 1. The van der Waals surface area contributed by atoms with E-state index in [0.29, 0.717) is 6.54 Å². The van der Waals surface area contributed by atoms with Crippen LogP contribution in [0.2, 0.25) is 0 Å². The number of hydrogen-bond donors (Lipinski definition) is 2. The third-order valence-corrected chi connectivity index (χ3v) is 1.61. The first kappa shape index (κ1) is 16.9. The van der Waals surface area contributed by atoms with E-state index in [1.165, 1.54) is 0 Å². The summed E-state index contributed by atoms with van der Waals surface area (Å²) in [5.74, 6) is 0. The number of rotatable bonds is 3. The van der Waals surface area contributed by atoms with Gasteiger partial charge >= 0.3 is 6.09 Å². The summed E-state index contributed by atoms with van der Waals surface area (Å²) in [4.78, 5) is 11.4. The molecule has 1 amide bonds. The maximum atomic E-state index is 11.4. The maximum Gasteiger partial charge on any atom is 0.408 e. The van der Waals surface area contributed by atoms with Crippen molar-refractivity contribution in [2.45, 2.75) is 52.2 Å². The molecule has 3 N–H and O–H groups in total. The molecule has 0 bridgehead atoms. The van der Waals surface area contributed by atoms with Crippen LogP contribution in [0.3, 0.4) is 0 Å². The maximum absolute atomic E-state index is 11.4. The first-order chi connectivity index (χ1) is 6.16. The van der Waals surface area contributed by atoms with Gasteiger partial charge in [-0.05, 0) is 47.6 Å². The van der Waals surface area contributed by atoms with Crippen LogP contribution in [-0.4, -0.2) is 23.8 Å². The summed E-state index contributed by atoms with van der Waals surface area (Å²) in [7, 11) is 0. The summed E-state index contributed by atoms with van der Waals surface area (Å²) in [5.41, 5.74) is 4.66. The first-order valence-corrected chi connectivity index (χ1v) is 4.87. The summed E-state index contributed by atoms with van der Waals surface area (Å²) >= 11 is 0. The molecule has 5 heteroatoms. The highest BCUT2D eigenvalue weighted by atomic mass is 35.5. The molecule has 0 aliphatic heterocycles. The summed E-state index contributed by atoms with van der Waals surface area (Å²) in [6.45, 7) is 9.89. The fourth-order valence-electron chi connectivity index (χ4n) is 1.00. The van der Waals surface area contributed by atoms with Gasteiger partial charge in [-0.2, -0.15) is 0 Å². The smallest absolute Gasteiger partial charge is 0.408 e. The molecule has 92 valence electrons.